The van der Waals surface area contributed by atoms with Crippen LogP contribution in [0.2, 0.25) is 0 Å². The number of aromatic nitrogens is 1. The molecule has 0 bridgehead atoms. The molecule has 0 spiro atoms. The number of hydrogen-bond acceptors (Lipinski definition) is 3. The van der Waals surface area contributed by atoms with Gasteiger partial charge in [-0.3, -0.25) is 14.9 Å². The van der Waals surface area contributed by atoms with Crippen LogP contribution < -0.4 is 10.2 Å². The summed E-state index contributed by atoms with van der Waals surface area (Å²) in [5, 5.41) is 2.15. The molecule has 1 N–H and O–H groups in total. The first-order valence-electron chi connectivity index (χ1n) is 10.9. The van der Waals surface area contributed by atoms with Crippen LogP contribution in [-0.2, 0) is 9.59 Å². The highest BCUT2D eigenvalue weighted by Crippen LogP contribution is 2.33. The van der Waals surface area contributed by atoms with E-state index in [1.165, 1.54) is 24.3 Å². The van der Waals surface area contributed by atoms with E-state index < -0.39 is 23.7 Å². The van der Waals surface area contributed by atoms with Crippen LogP contribution in [0.1, 0.15) is 11.3 Å². The zero-order valence-electron chi connectivity index (χ0n) is 18.7. The molecule has 2 heterocycles. The number of hydrogen-bond donors (Lipinski definition) is 1. The molecule has 1 saturated heterocycles. The predicted octanol–water partition coefficient (Wildman–Crippen LogP) is 5.26. The van der Waals surface area contributed by atoms with Crippen molar-refractivity contribution >= 4 is 29.6 Å². The normalized spacial score (nSPS) is 15.0. The van der Waals surface area contributed by atoms with Crippen molar-refractivity contribution < 1.29 is 18.8 Å². The maximum absolute atomic E-state index is 14.4. The number of imide groups is 2. The zero-order chi connectivity index (χ0) is 24.5. The fraction of sp³-hybridized carbons (Fsp3) is 0.0357. The van der Waals surface area contributed by atoms with Crippen LogP contribution in [0, 0.1) is 12.7 Å². The number of carbonyl (C=O) groups is 3. The number of anilines is 1. The number of carbonyl (C=O) groups excluding carboxylic acids is 3. The number of para-hydroxylation sites is 2. The Hall–Kier alpha value is -4.78. The Balaban J connectivity index is 1.69. The van der Waals surface area contributed by atoms with E-state index in [4.69, 9.17) is 0 Å². The third-order valence-corrected chi connectivity index (χ3v) is 5.77. The van der Waals surface area contributed by atoms with Crippen molar-refractivity contribution in [3.63, 3.8) is 0 Å². The summed E-state index contributed by atoms with van der Waals surface area (Å²) in [6.07, 6.45) is 1.45. The van der Waals surface area contributed by atoms with Gasteiger partial charge in [-0.05, 0) is 48.9 Å². The van der Waals surface area contributed by atoms with Crippen molar-refractivity contribution in [1.82, 2.24) is 9.88 Å². The number of aryl methyl sites for hydroxylation is 1. The zero-order valence-corrected chi connectivity index (χ0v) is 18.7. The van der Waals surface area contributed by atoms with Crippen LogP contribution >= 0.6 is 0 Å². The van der Waals surface area contributed by atoms with Crippen LogP contribution in [0.3, 0.4) is 0 Å². The molecule has 0 unspecified atom stereocenters. The molecule has 5 rings (SSSR count). The molecule has 4 amide bonds. The van der Waals surface area contributed by atoms with Crippen LogP contribution in [0.5, 0.6) is 0 Å². The molecule has 0 aliphatic carbocycles. The number of benzene rings is 3. The highest BCUT2D eigenvalue weighted by atomic mass is 19.1. The third-order valence-electron chi connectivity index (χ3n) is 5.77. The van der Waals surface area contributed by atoms with E-state index >= 15 is 0 Å². The molecule has 1 aromatic heterocycles. The molecule has 0 saturated carbocycles. The summed E-state index contributed by atoms with van der Waals surface area (Å²) in [6.45, 7) is 1.93. The molecular formula is C28H20FN3O3. The van der Waals surface area contributed by atoms with Crippen molar-refractivity contribution in [3.05, 3.63) is 114 Å². The molecule has 1 fully saturated rings. The number of urea groups is 1. The van der Waals surface area contributed by atoms with Gasteiger partial charge in [0.25, 0.3) is 11.8 Å². The van der Waals surface area contributed by atoms with Crippen LogP contribution in [0.4, 0.5) is 14.9 Å². The maximum atomic E-state index is 14.4. The molecule has 7 heteroatoms. The van der Waals surface area contributed by atoms with E-state index in [0.29, 0.717) is 10.5 Å². The van der Waals surface area contributed by atoms with Gasteiger partial charge < -0.3 is 4.57 Å². The lowest BCUT2D eigenvalue weighted by molar-refractivity contribution is -0.122. The smallest absolute Gasteiger partial charge is 0.313 e. The summed E-state index contributed by atoms with van der Waals surface area (Å²) in [5.74, 6) is -2.48. The molecule has 0 atom stereocenters. The fourth-order valence-corrected chi connectivity index (χ4v) is 4.24. The van der Waals surface area contributed by atoms with Crippen molar-refractivity contribution in [2.45, 2.75) is 6.92 Å². The monoisotopic (exact) mass is 465 g/mol. The van der Waals surface area contributed by atoms with E-state index in [-0.39, 0.29) is 11.3 Å². The Morgan fingerprint density at radius 3 is 2.14 bits per heavy atom. The number of nitrogens with one attached hydrogen (secondary N) is 1. The molecule has 35 heavy (non-hydrogen) atoms. The first-order valence-corrected chi connectivity index (χ1v) is 10.9. The minimum absolute atomic E-state index is 0.227. The van der Waals surface area contributed by atoms with E-state index in [0.717, 1.165) is 28.7 Å². The van der Waals surface area contributed by atoms with E-state index in [9.17, 15) is 18.8 Å². The van der Waals surface area contributed by atoms with Gasteiger partial charge in [0.1, 0.15) is 11.4 Å². The molecule has 6 nitrogen and oxygen atoms in total. The fourth-order valence-electron chi connectivity index (χ4n) is 4.24. The second-order valence-corrected chi connectivity index (χ2v) is 8.04. The summed E-state index contributed by atoms with van der Waals surface area (Å²) in [7, 11) is 0. The van der Waals surface area contributed by atoms with Gasteiger partial charge in [-0.1, -0.05) is 60.7 Å². The van der Waals surface area contributed by atoms with E-state index in [1.807, 2.05) is 78.2 Å². The summed E-state index contributed by atoms with van der Waals surface area (Å²) < 4.78 is 16.5. The maximum Gasteiger partial charge on any atom is 0.336 e. The van der Waals surface area contributed by atoms with Crippen LogP contribution in [-0.4, -0.2) is 22.4 Å². The van der Waals surface area contributed by atoms with Gasteiger partial charge in [0.05, 0.1) is 11.4 Å². The van der Waals surface area contributed by atoms with Crippen molar-refractivity contribution in [2.75, 3.05) is 4.90 Å². The molecule has 1 aliphatic heterocycles. The predicted molar refractivity (Wildman–Crippen MR) is 131 cm³/mol. The van der Waals surface area contributed by atoms with Crippen LogP contribution in [0.25, 0.3) is 23.0 Å². The number of nitrogens with zero attached hydrogens (tertiary/aromatic N) is 2. The first kappa shape index (κ1) is 22.0. The van der Waals surface area contributed by atoms with Gasteiger partial charge in [0, 0.05) is 16.9 Å². The van der Waals surface area contributed by atoms with Crippen LogP contribution in [0.15, 0.2) is 96.6 Å². The molecular weight excluding hydrogens is 445 g/mol. The number of rotatable bonds is 4. The highest BCUT2D eigenvalue weighted by Gasteiger charge is 2.38. The lowest BCUT2D eigenvalue weighted by atomic mass is 10.0. The summed E-state index contributed by atoms with van der Waals surface area (Å²) in [5.41, 5.74) is 3.56. The lowest BCUT2D eigenvalue weighted by Crippen LogP contribution is -2.54. The quantitative estimate of drug-likeness (QED) is 0.330. The highest BCUT2D eigenvalue weighted by molar-refractivity contribution is 6.39. The summed E-state index contributed by atoms with van der Waals surface area (Å²) in [6, 6.07) is 25.6. The van der Waals surface area contributed by atoms with Gasteiger partial charge in [0.15, 0.2) is 0 Å². The van der Waals surface area contributed by atoms with Crippen molar-refractivity contribution in [2.24, 2.45) is 0 Å². The standard InChI is InChI=1S/C28H20FN3O3/c1-18-16-20(25(19-10-4-2-5-11-19)31(18)21-12-6-3-7-13-21)17-22-26(33)30-28(35)32(27(22)34)24-15-9-8-14-23(24)29/h2-17H,1H3,(H,30,33,35)/b22-17+. The Labute approximate surface area is 200 Å². The Morgan fingerprint density at radius 2 is 1.46 bits per heavy atom. The molecule has 3 aromatic carbocycles. The van der Waals surface area contributed by atoms with Gasteiger partial charge >= 0.3 is 6.03 Å². The second-order valence-electron chi connectivity index (χ2n) is 8.04. The minimum atomic E-state index is -0.997. The summed E-state index contributed by atoms with van der Waals surface area (Å²) >= 11 is 0. The average Bonchev–Trinajstić information content (AvgIpc) is 3.19. The van der Waals surface area contributed by atoms with Crippen molar-refractivity contribution in [3.8, 4) is 16.9 Å². The van der Waals surface area contributed by atoms with Gasteiger partial charge in [-0.15, -0.1) is 0 Å². The molecule has 172 valence electrons. The third kappa shape index (κ3) is 3.93. The van der Waals surface area contributed by atoms with E-state index in [1.54, 1.807) is 0 Å². The molecule has 0 radical (unpaired) electrons. The van der Waals surface area contributed by atoms with Gasteiger partial charge in [-0.2, -0.15) is 0 Å². The molecule has 1 aliphatic rings. The first-order chi connectivity index (χ1) is 17.0. The molecule has 4 aromatic rings. The average molecular weight is 465 g/mol. The Kier molecular flexibility index (Phi) is 5.58. The largest absolute Gasteiger partial charge is 0.336 e. The minimum Gasteiger partial charge on any atom is -0.313 e. The summed E-state index contributed by atoms with van der Waals surface area (Å²) in [4.78, 5) is 39.2. The van der Waals surface area contributed by atoms with Crippen molar-refractivity contribution in [1.29, 1.82) is 0 Å². The Morgan fingerprint density at radius 1 is 0.829 bits per heavy atom. The van der Waals surface area contributed by atoms with Gasteiger partial charge in [-0.25, -0.2) is 14.1 Å². The lowest BCUT2D eigenvalue weighted by Gasteiger charge is -2.26. The topological polar surface area (TPSA) is 71.4 Å². The second kappa shape index (κ2) is 8.87. The Bertz CT molecular complexity index is 1490. The SMILES string of the molecule is Cc1cc(/C=C2\C(=O)NC(=O)N(c3ccccc3F)C2=O)c(-c2ccccc2)n1-c1ccccc1. The number of barbiturate groups is 1. The van der Waals surface area contributed by atoms with E-state index in [2.05, 4.69) is 5.32 Å². The van der Waals surface area contributed by atoms with Gasteiger partial charge in [0.2, 0.25) is 0 Å². The number of amides is 4. The number of halogens is 1.